The molecule has 3 rings (SSSR count). The van der Waals surface area contributed by atoms with Crippen molar-refractivity contribution in [1.82, 2.24) is 9.21 Å². The van der Waals surface area contributed by atoms with Crippen LogP contribution in [0.1, 0.15) is 10.4 Å². The van der Waals surface area contributed by atoms with Gasteiger partial charge < -0.3 is 14.4 Å². The van der Waals surface area contributed by atoms with Crippen LogP contribution < -0.4 is 0 Å². The van der Waals surface area contributed by atoms with Crippen LogP contribution in [0.3, 0.4) is 0 Å². The van der Waals surface area contributed by atoms with E-state index in [1.54, 1.807) is 10.3 Å². The number of carbonyl (C=O) groups is 1. The van der Waals surface area contributed by atoms with E-state index in [0.29, 0.717) is 58.2 Å². The summed E-state index contributed by atoms with van der Waals surface area (Å²) in [5.74, 6) is -0.136. The highest BCUT2D eigenvalue weighted by Gasteiger charge is 2.29. The van der Waals surface area contributed by atoms with Gasteiger partial charge in [-0.2, -0.15) is 4.31 Å². The summed E-state index contributed by atoms with van der Waals surface area (Å²) in [6, 6.07) is 1.48. The van der Waals surface area contributed by atoms with Gasteiger partial charge >= 0.3 is 0 Å². The molecule has 0 saturated carbocycles. The van der Waals surface area contributed by atoms with Crippen LogP contribution in [0.25, 0.3) is 0 Å². The molecule has 0 bridgehead atoms. The maximum atomic E-state index is 12.5. The van der Waals surface area contributed by atoms with E-state index in [0.717, 1.165) is 11.3 Å². The molecule has 0 aliphatic carbocycles. The highest BCUT2D eigenvalue weighted by molar-refractivity contribution is 7.91. The summed E-state index contributed by atoms with van der Waals surface area (Å²) < 4.78 is 37.1. The molecule has 2 aliphatic rings. The third kappa shape index (κ3) is 3.18. The Morgan fingerprint density at radius 2 is 1.64 bits per heavy atom. The Hall–Kier alpha value is -1.00. The molecule has 0 atom stereocenters. The number of sulfonamides is 1. The van der Waals surface area contributed by atoms with Gasteiger partial charge in [-0.25, -0.2) is 8.42 Å². The van der Waals surface area contributed by atoms with Crippen LogP contribution in [0, 0.1) is 0 Å². The van der Waals surface area contributed by atoms with E-state index in [1.807, 2.05) is 0 Å². The molecular formula is C13H18N2O5S2. The third-order valence-corrected chi connectivity index (χ3v) is 7.00. The van der Waals surface area contributed by atoms with E-state index in [4.69, 9.17) is 9.47 Å². The second-order valence-corrected chi connectivity index (χ2v) is 8.15. The molecule has 0 unspecified atom stereocenters. The summed E-state index contributed by atoms with van der Waals surface area (Å²) in [7, 11) is -3.53. The quantitative estimate of drug-likeness (QED) is 0.784. The van der Waals surface area contributed by atoms with Gasteiger partial charge in [0, 0.05) is 31.6 Å². The summed E-state index contributed by atoms with van der Waals surface area (Å²) in [6.07, 6.45) is 0. The van der Waals surface area contributed by atoms with Crippen molar-refractivity contribution in [1.29, 1.82) is 0 Å². The average molecular weight is 346 g/mol. The lowest BCUT2D eigenvalue weighted by Crippen LogP contribution is -2.41. The molecular weight excluding hydrogens is 328 g/mol. The van der Waals surface area contributed by atoms with Gasteiger partial charge in [0.05, 0.1) is 32.0 Å². The van der Waals surface area contributed by atoms with Crippen molar-refractivity contribution in [2.45, 2.75) is 4.21 Å². The van der Waals surface area contributed by atoms with E-state index >= 15 is 0 Å². The molecule has 2 fully saturated rings. The van der Waals surface area contributed by atoms with Crippen molar-refractivity contribution in [3.8, 4) is 0 Å². The minimum atomic E-state index is -3.53. The predicted molar refractivity (Wildman–Crippen MR) is 80.6 cm³/mol. The van der Waals surface area contributed by atoms with Gasteiger partial charge in [-0.15, -0.1) is 11.3 Å². The Kier molecular flexibility index (Phi) is 4.79. The minimum absolute atomic E-state index is 0.136. The van der Waals surface area contributed by atoms with E-state index in [-0.39, 0.29) is 10.1 Å². The van der Waals surface area contributed by atoms with Gasteiger partial charge in [0.25, 0.3) is 15.9 Å². The molecule has 1 aromatic heterocycles. The molecule has 0 N–H and O–H groups in total. The van der Waals surface area contributed by atoms with Crippen molar-refractivity contribution in [2.24, 2.45) is 0 Å². The zero-order valence-corrected chi connectivity index (χ0v) is 13.7. The summed E-state index contributed by atoms with van der Waals surface area (Å²) in [5.41, 5.74) is 0.429. The van der Waals surface area contributed by atoms with Crippen LogP contribution in [-0.4, -0.2) is 76.1 Å². The van der Waals surface area contributed by atoms with Gasteiger partial charge in [0.1, 0.15) is 4.21 Å². The van der Waals surface area contributed by atoms with Crippen LogP contribution >= 0.6 is 11.3 Å². The van der Waals surface area contributed by atoms with Crippen LogP contribution in [0.2, 0.25) is 0 Å². The highest BCUT2D eigenvalue weighted by atomic mass is 32.2. The first kappa shape index (κ1) is 15.9. The number of nitrogens with zero attached hydrogens (tertiary/aromatic N) is 2. The zero-order valence-electron chi connectivity index (χ0n) is 12.1. The Balaban J connectivity index is 1.76. The fourth-order valence-electron chi connectivity index (χ4n) is 2.43. The molecule has 1 amide bonds. The smallest absolute Gasteiger partial charge is 0.254 e. The van der Waals surface area contributed by atoms with Crippen molar-refractivity contribution < 1.29 is 22.7 Å². The van der Waals surface area contributed by atoms with Crippen molar-refractivity contribution in [3.63, 3.8) is 0 Å². The molecule has 22 heavy (non-hydrogen) atoms. The number of thiophene rings is 1. The first-order valence-electron chi connectivity index (χ1n) is 7.12. The van der Waals surface area contributed by atoms with E-state index in [9.17, 15) is 13.2 Å². The average Bonchev–Trinajstić information content (AvgIpc) is 3.06. The first-order chi connectivity index (χ1) is 10.6. The number of morpholine rings is 2. The summed E-state index contributed by atoms with van der Waals surface area (Å²) in [6.45, 7) is 3.65. The van der Waals surface area contributed by atoms with Crippen molar-refractivity contribution in [2.75, 3.05) is 52.6 Å². The van der Waals surface area contributed by atoms with Crippen LogP contribution in [0.4, 0.5) is 0 Å². The Labute approximate surface area is 133 Å². The lowest BCUT2D eigenvalue weighted by atomic mass is 10.3. The molecule has 1 aromatic rings. The second-order valence-electron chi connectivity index (χ2n) is 5.08. The number of hydrogen-bond acceptors (Lipinski definition) is 6. The number of ether oxygens (including phenoxy) is 2. The Bertz CT molecular complexity index is 631. The fourth-order valence-corrected chi connectivity index (χ4v) is 5.14. The predicted octanol–water partition coefficient (Wildman–Crippen LogP) is 0.241. The summed E-state index contributed by atoms with van der Waals surface area (Å²) in [5, 5.41) is 1.62. The SMILES string of the molecule is O=C(c1csc(S(=O)(=O)N2CCOCC2)c1)N1CCOCC1. The third-order valence-electron chi connectivity index (χ3n) is 3.68. The first-order valence-corrected chi connectivity index (χ1v) is 9.44. The molecule has 0 radical (unpaired) electrons. The lowest BCUT2D eigenvalue weighted by Gasteiger charge is -2.26. The number of hydrogen-bond donors (Lipinski definition) is 0. The monoisotopic (exact) mass is 346 g/mol. The number of amides is 1. The molecule has 0 spiro atoms. The summed E-state index contributed by atoms with van der Waals surface area (Å²) >= 11 is 1.09. The largest absolute Gasteiger partial charge is 0.379 e. The van der Waals surface area contributed by atoms with Crippen LogP contribution in [0.5, 0.6) is 0 Å². The highest BCUT2D eigenvalue weighted by Crippen LogP contribution is 2.25. The number of rotatable bonds is 3. The maximum Gasteiger partial charge on any atom is 0.254 e. The lowest BCUT2D eigenvalue weighted by molar-refractivity contribution is 0.0303. The molecule has 2 saturated heterocycles. The number of carbonyl (C=O) groups excluding carboxylic acids is 1. The Morgan fingerprint density at radius 3 is 2.27 bits per heavy atom. The second kappa shape index (κ2) is 6.63. The van der Waals surface area contributed by atoms with Gasteiger partial charge in [0.2, 0.25) is 0 Å². The molecule has 3 heterocycles. The molecule has 0 aromatic carbocycles. The van der Waals surface area contributed by atoms with Crippen LogP contribution in [0.15, 0.2) is 15.7 Å². The standard InChI is InChI=1S/C13H18N2O5S2/c16-13(14-1-5-19-6-2-14)11-9-12(21-10-11)22(17,18)15-3-7-20-8-4-15/h9-10H,1-8H2. The van der Waals surface area contributed by atoms with Crippen molar-refractivity contribution in [3.05, 3.63) is 17.0 Å². The fraction of sp³-hybridized carbons (Fsp3) is 0.615. The van der Waals surface area contributed by atoms with Gasteiger partial charge in [-0.05, 0) is 6.07 Å². The van der Waals surface area contributed by atoms with Crippen LogP contribution in [-0.2, 0) is 19.5 Å². The normalized spacial score (nSPS) is 21.0. The molecule has 2 aliphatic heterocycles. The Morgan fingerprint density at radius 1 is 1.05 bits per heavy atom. The molecule has 9 heteroatoms. The van der Waals surface area contributed by atoms with Gasteiger partial charge in [0.15, 0.2) is 0 Å². The van der Waals surface area contributed by atoms with Crippen molar-refractivity contribution >= 4 is 27.3 Å². The molecule has 7 nitrogen and oxygen atoms in total. The van der Waals surface area contributed by atoms with E-state index in [2.05, 4.69) is 0 Å². The van der Waals surface area contributed by atoms with Gasteiger partial charge in [-0.3, -0.25) is 4.79 Å². The molecule has 122 valence electrons. The zero-order chi connectivity index (χ0) is 15.6. The maximum absolute atomic E-state index is 12.5. The van der Waals surface area contributed by atoms with E-state index < -0.39 is 10.0 Å². The minimum Gasteiger partial charge on any atom is -0.379 e. The van der Waals surface area contributed by atoms with Gasteiger partial charge in [-0.1, -0.05) is 0 Å². The topological polar surface area (TPSA) is 76.2 Å². The summed E-state index contributed by atoms with van der Waals surface area (Å²) in [4.78, 5) is 14.1. The van der Waals surface area contributed by atoms with E-state index in [1.165, 1.54) is 10.4 Å².